The van der Waals surface area contributed by atoms with E-state index in [1.54, 1.807) is 0 Å². The molecule has 2 N–H and O–H groups in total. The van der Waals surface area contributed by atoms with Crippen molar-refractivity contribution in [2.45, 2.75) is 31.9 Å². The van der Waals surface area contributed by atoms with Gasteiger partial charge in [-0.15, -0.1) is 0 Å². The van der Waals surface area contributed by atoms with Crippen LogP contribution >= 0.6 is 0 Å². The van der Waals surface area contributed by atoms with Crippen LogP contribution in [0.15, 0.2) is 24.3 Å². The van der Waals surface area contributed by atoms with Crippen molar-refractivity contribution >= 4 is 11.6 Å². The van der Waals surface area contributed by atoms with E-state index < -0.39 is 11.7 Å². The average Bonchev–Trinajstić information content (AvgIpc) is 3.06. The highest BCUT2D eigenvalue weighted by Gasteiger charge is 2.43. The zero-order valence-electron chi connectivity index (χ0n) is 11.4. The van der Waals surface area contributed by atoms with Gasteiger partial charge in [-0.25, -0.2) is 0 Å². The second-order valence-corrected chi connectivity index (χ2v) is 5.94. The Morgan fingerprint density at radius 1 is 1.14 bits per heavy atom. The molecule has 1 aromatic rings. The van der Waals surface area contributed by atoms with Crippen molar-refractivity contribution in [3.05, 3.63) is 29.8 Å². The minimum atomic E-state index is -4.44. The van der Waals surface area contributed by atoms with Gasteiger partial charge >= 0.3 is 6.18 Å². The predicted octanol–water partition coefficient (Wildman–Crippen LogP) is 3.58. The van der Waals surface area contributed by atoms with Gasteiger partial charge in [0, 0.05) is 5.92 Å². The first-order valence-electron chi connectivity index (χ1n) is 7.17. The summed E-state index contributed by atoms with van der Waals surface area (Å²) in [4.78, 5) is 12.1. The van der Waals surface area contributed by atoms with Crippen LogP contribution in [-0.4, -0.2) is 5.91 Å². The summed E-state index contributed by atoms with van der Waals surface area (Å²) in [5.41, 5.74) is 3.98. The molecule has 21 heavy (non-hydrogen) atoms. The van der Waals surface area contributed by atoms with Gasteiger partial charge in [0.2, 0.25) is 5.91 Å². The quantitative estimate of drug-likeness (QED) is 0.837. The van der Waals surface area contributed by atoms with Crippen LogP contribution in [0.4, 0.5) is 18.9 Å². The minimum absolute atomic E-state index is 0.0608. The first-order valence-corrected chi connectivity index (χ1v) is 7.17. The van der Waals surface area contributed by atoms with E-state index in [2.05, 4.69) is 10.9 Å². The van der Waals surface area contributed by atoms with Crippen molar-refractivity contribution in [1.29, 1.82) is 0 Å². The molecule has 3 unspecified atom stereocenters. The maximum absolute atomic E-state index is 12.8. The molecular formula is C15H17F3N2O. The first kappa shape index (κ1) is 14.2. The second-order valence-electron chi connectivity index (χ2n) is 5.94. The number of para-hydroxylation sites is 1. The van der Waals surface area contributed by atoms with Crippen LogP contribution in [0.25, 0.3) is 0 Å². The highest BCUT2D eigenvalue weighted by molar-refractivity contribution is 5.81. The Labute approximate surface area is 120 Å². The Hall–Kier alpha value is -1.72. The molecule has 114 valence electrons. The summed E-state index contributed by atoms with van der Waals surface area (Å²) in [5.74, 6) is 0.761. The van der Waals surface area contributed by atoms with Gasteiger partial charge in [-0.2, -0.15) is 13.2 Å². The largest absolute Gasteiger partial charge is 0.418 e. The topological polar surface area (TPSA) is 41.1 Å². The van der Waals surface area contributed by atoms with Crippen LogP contribution < -0.4 is 10.9 Å². The minimum Gasteiger partial charge on any atom is -0.298 e. The summed E-state index contributed by atoms with van der Waals surface area (Å²) in [6.07, 6.45) is -0.266. The summed E-state index contributed by atoms with van der Waals surface area (Å²) in [7, 11) is 0. The van der Waals surface area contributed by atoms with E-state index in [1.165, 1.54) is 24.6 Å². The van der Waals surface area contributed by atoms with Gasteiger partial charge < -0.3 is 0 Å². The van der Waals surface area contributed by atoms with E-state index in [0.717, 1.165) is 25.3 Å². The van der Waals surface area contributed by atoms with Crippen LogP contribution in [0.3, 0.4) is 0 Å². The molecule has 0 heterocycles. The van der Waals surface area contributed by atoms with Crippen LogP contribution in [-0.2, 0) is 11.0 Å². The van der Waals surface area contributed by atoms with E-state index >= 15 is 0 Å². The SMILES string of the molecule is O=C(NNc1ccccc1C(F)(F)F)C1CC2CCC1C2. The molecule has 2 aliphatic rings. The highest BCUT2D eigenvalue weighted by atomic mass is 19.4. The van der Waals surface area contributed by atoms with Crippen molar-refractivity contribution in [3.63, 3.8) is 0 Å². The number of carbonyl (C=O) groups is 1. The molecule has 3 atom stereocenters. The molecule has 0 radical (unpaired) electrons. The smallest absolute Gasteiger partial charge is 0.298 e. The van der Waals surface area contributed by atoms with Crippen molar-refractivity contribution in [2.24, 2.45) is 17.8 Å². The highest BCUT2D eigenvalue weighted by Crippen LogP contribution is 2.48. The van der Waals surface area contributed by atoms with Gasteiger partial charge in [0.25, 0.3) is 0 Å². The number of hydrogen-bond donors (Lipinski definition) is 2. The zero-order valence-corrected chi connectivity index (χ0v) is 11.4. The number of halogens is 3. The molecule has 3 nitrogen and oxygen atoms in total. The van der Waals surface area contributed by atoms with Gasteiger partial charge in [-0.05, 0) is 43.2 Å². The first-order chi connectivity index (χ1) is 9.95. The molecule has 6 heteroatoms. The molecular weight excluding hydrogens is 281 g/mol. The Bertz CT molecular complexity index is 544. The molecule has 0 aliphatic heterocycles. The van der Waals surface area contributed by atoms with Crippen LogP contribution in [0.2, 0.25) is 0 Å². The normalized spacial score (nSPS) is 27.7. The van der Waals surface area contributed by atoms with Gasteiger partial charge in [0.15, 0.2) is 0 Å². The maximum atomic E-state index is 12.8. The molecule has 0 spiro atoms. The Kier molecular flexibility index (Phi) is 3.55. The Morgan fingerprint density at radius 3 is 2.52 bits per heavy atom. The van der Waals surface area contributed by atoms with Gasteiger partial charge in [0.05, 0.1) is 11.3 Å². The van der Waals surface area contributed by atoms with Gasteiger partial charge in [0.1, 0.15) is 0 Å². The molecule has 1 amide bonds. The lowest BCUT2D eigenvalue weighted by atomic mass is 9.88. The number of nitrogens with one attached hydrogen (secondary N) is 2. The third kappa shape index (κ3) is 2.84. The molecule has 0 saturated heterocycles. The number of amides is 1. The second kappa shape index (κ2) is 5.24. The summed E-state index contributed by atoms with van der Waals surface area (Å²) in [5, 5.41) is 0. The Balaban J connectivity index is 1.64. The van der Waals surface area contributed by atoms with E-state index in [4.69, 9.17) is 0 Å². The molecule has 0 aromatic heterocycles. The van der Waals surface area contributed by atoms with Gasteiger partial charge in [-0.3, -0.25) is 15.6 Å². The van der Waals surface area contributed by atoms with Crippen molar-refractivity contribution in [1.82, 2.24) is 5.43 Å². The molecule has 2 saturated carbocycles. The third-order valence-corrected chi connectivity index (χ3v) is 4.63. The maximum Gasteiger partial charge on any atom is 0.418 e. The number of anilines is 1. The van der Waals surface area contributed by atoms with Crippen molar-refractivity contribution in [2.75, 3.05) is 5.43 Å². The van der Waals surface area contributed by atoms with Crippen LogP contribution in [0, 0.1) is 17.8 Å². The lowest BCUT2D eigenvalue weighted by molar-refractivity contribution is -0.137. The molecule has 2 aliphatic carbocycles. The third-order valence-electron chi connectivity index (χ3n) is 4.63. The van der Waals surface area contributed by atoms with Gasteiger partial charge in [-0.1, -0.05) is 18.6 Å². The van der Waals surface area contributed by atoms with E-state index in [0.29, 0.717) is 11.8 Å². The number of carbonyl (C=O) groups excluding carboxylic acids is 1. The molecule has 1 aromatic carbocycles. The lowest BCUT2D eigenvalue weighted by Gasteiger charge is -2.22. The molecule has 2 fully saturated rings. The summed E-state index contributed by atoms with van der Waals surface area (Å²) in [6, 6.07) is 5.13. The number of hydrogen-bond acceptors (Lipinski definition) is 2. The molecule has 3 rings (SSSR count). The number of alkyl halides is 3. The van der Waals surface area contributed by atoms with Crippen LogP contribution in [0.1, 0.15) is 31.2 Å². The lowest BCUT2D eigenvalue weighted by Crippen LogP contribution is -2.37. The number of benzene rings is 1. The predicted molar refractivity (Wildman–Crippen MR) is 72.1 cm³/mol. The van der Waals surface area contributed by atoms with Crippen molar-refractivity contribution in [3.8, 4) is 0 Å². The summed E-state index contributed by atoms with van der Waals surface area (Å²) in [6.45, 7) is 0. The van der Waals surface area contributed by atoms with E-state index in [-0.39, 0.29) is 17.5 Å². The zero-order chi connectivity index (χ0) is 15.0. The summed E-state index contributed by atoms with van der Waals surface area (Å²) < 4.78 is 38.5. The monoisotopic (exact) mass is 298 g/mol. The fraction of sp³-hybridized carbons (Fsp3) is 0.533. The van der Waals surface area contributed by atoms with Crippen molar-refractivity contribution < 1.29 is 18.0 Å². The number of hydrazine groups is 1. The average molecular weight is 298 g/mol. The van der Waals surface area contributed by atoms with E-state index in [9.17, 15) is 18.0 Å². The van der Waals surface area contributed by atoms with E-state index in [1.807, 2.05) is 0 Å². The summed E-state index contributed by atoms with van der Waals surface area (Å²) >= 11 is 0. The van der Waals surface area contributed by atoms with Crippen LogP contribution in [0.5, 0.6) is 0 Å². The molecule has 2 bridgehead atoms. The fourth-order valence-electron chi connectivity index (χ4n) is 3.63. The number of rotatable bonds is 3. The number of fused-ring (bicyclic) bond motifs is 2. The fourth-order valence-corrected chi connectivity index (χ4v) is 3.63. The standard InChI is InChI=1S/C15H17F3N2O/c16-15(17,18)12-3-1-2-4-13(12)19-20-14(21)11-8-9-5-6-10(11)7-9/h1-4,9-11,19H,5-8H2,(H,20,21). The Morgan fingerprint density at radius 2 is 1.90 bits per heavy atom.